The van der Waals surface area contributed by atoms with E-state index in [-0.39, 0.29) is 24.3 Å². The van der Waals surface area contributed by atoms with Gasteiger partial charge in [0.2, 0.25) is 0 Å². The molecule has 0 aromatic heterocycles. The third kappa shape index (κ3) is 3.78. The molecule has 1 fully saturated rings. The maximum Gasteiger partial charge on any atom is 0.305 e. The quantitative estimate of drug-likeness (QED) is 0.431. The van der Waals surface area contributed by atoms with Gasteiger partial charge >= 0.3 is 5.97 Å². The molecular formula is C20H16BrNO5. The van der Waals surface area contributed by atoms with Crippen LogP contribution in [0, 0.1) is 0 Å². The van der Waals surface area contributed by atoms with Crippen molar-refractivity contribution in [3.8, 4) is 0 Å². The fraction of sp³-hybridized carbons (Fsp3) is 0.150. The fourth-order valence-corrected chi connectivity index (χ4v) is 3.33. The number of benzene rings is 2. The molecule has 0 aliphatic carbocycles. The summed E-state index contributed by atoms with van der Waals surface area (Å²) >= 11 is 3.34. The minimum atomic E-state index is -1.07. The van der Waals surface area contributed by atoms with Crippen LogP contribution in [-0.4, -0.2) is 39.3 Å². The van der Waals surface area contributed by atoms with Gasteiger partial charge in [-0.3, -0.25) is 14.4 Å². The van der Waals surface area contributed by atoms with Gasteiger partial charge in [-0.2, -0.15) is 0 Å². The van der Waals surface area contributed by atoms with Crippen LogP contribution in [0.1, 0.15) is 23.6 Å². The van der Waals surface area contributed by atoms with Crippen molar-refractivity contribution >= 4 is 39.3 Å². The van der Waals surface area contributed by atoms with E-state index in [2.05, 4.69) is 15.9 Å². The number of rotatable bonds is 5. The van der Waals surface area contributed by atoms with Crippen molar-refractivity contribution in [1.29, 1.82) is 0 Å². The molecular weight excluding hydrogens is 414 g/mol. The lowest BCUT2D eigenvalue weighted by Gasteiger charge is -2.24. The summed E-state index contributed by atoms with van der Waals surface area (Å²) in [6.07, 6.45) is -0.300. The van der Waals surface area contributed by atoms with Gasteiger partial charge in [0.1, 0.15) is 5.76 Å². The van der Waals surface area contributed by atoms with Crippen LogP contribution in [0.15, 0.2) is 64.6 Å². The van der Waals surface area contributed by atoms with E-state index < -0.39 is 23.7 Å². The number of carboxylic acid groups (broad SMARTS) is 1. The molecule has 0 unspecified atom stereocenters. The van der Waals surface area contributed by atoms with Crippen LogP contribution >= 0.6 is 15.9 Å². The number of halogens is 1. The molecule has 2 N–H and O–H groups in total. The normalized spacial score (nSPS) is 18.7. The third-order valence-corrected chi connectivity index (χ3v) is 4.87. The smallest absolute Gasteiger partial charge is 0.305 e. The Bertz CT molecular complexity index is 921. The lowest BCUT2D eigenvalue weighted by atomic mass is 9.95. The van der Waals surface area contributed by atoms with Crippen LogP contribution in [0.3, 0.4) is 0 Å². The second-order valence-electron chi connectivity index (χ2n) is 6.05. The Kier molecular flexibility index (Phi) is 5.41. The highest BCUT2D eigenvalue weighted by Gasteiger charge is 2.45. The molecule has 1 aliphatic rings. The Labute approximate surface area is 163 Å². The van der Waals surface area contributed by atoms with Crippen molar-refractivity contribution in [3.63, 3.8) is 0 Å². The molecule has 6 nitrogen and oxygen atoms in total. The van der Waals surface area contributed by atoms with Gasteiger partial charge in [-0.1, -0.05) is 58.4 Å². The van der Waals surface area contributed by atoms with Gasteiger partial charge in [-0.05, 0) is 17.7 Å². The highest BCUT2D eigenvalue weighted by Crippen LogP contribution is 2.39. The van der Waals surface area contributed by atoms with Crippen molar-refractivity contribution in [3.05, 3.63) is 75.8 Å². The Morgan fingerprint density at radius 3 is 2.22 bits per heavy atom. The summed E-state index contributed by atoms with van der Waals surface area (Å²) in [5, 5.41) is 19.7. The Balaban J connectivity index is 2.14. The predicted octanol–water partition coefficient (Wildman–Crippen LogP) is 3.35. The second-order valence-corrected chi connectivity index (χ2v) is 6.97. The van der Waals surface area contributed by atoms with Crippen LogP contribution in [0.25, 0.3) is 5.76 Å². The average Bonchev–Trinajstić information content (AvgIpc) is 2.91. The van der Waals surface area contributed by atoms with Gasteiger partial charge in [0.15, 0.2) is 0 Å². The van der Waals surface area contributed by atoms with Gasteiger partial charge < -0.3 is 15.1 Å². The number of ketones is 1. The Morgan fingerprint density at radius 1 is 1.00 bits per heavy atom. The van der Waals surface area contributed by atoms with E-state index in [0.29, 0.717) is 11.1 Å². The molecule has 0 spiro atoms. The summed E-state index contributed by atoms with van der Waals surface area (Å²) in [5.41, 5.74) is 0.982. The highest BCUT2D eigenvalue weighted by molar-refractivity contribution is 9.10. The molecule has 3 rings (SSSR count). The number of aliphatic carboxylic acids is 1. The Hall–Kier alpha value is -2.93. The number of Topliss-reactive ketones (excluding diaryl/α,β-unsaturated/α-hetero) is 1. The molecule has 138 valence electrons. The summed E-state index contributed by atoms with van der Waals surface area (Å²) in [6.45, 7) is -0.133. The molecule has 1 heterocycles. The molecule has 1 atom stereocenters. The molecule has 2 aromatic rings. The maximum absolute atomic E-state index is 12.7. The van der Waals surface area contributed by atoms with E-state index in [4.69, 9.17) is 5.11 Å². The standard InChI is InChI=1S/C20H16BrNO5/c21-14-8-6-12(7-9-14)17-16(18(25)13-4-2-1-3-5-13)19(26)20(27)22(17)11-10-15(23)24/h1-9,17,25H,10-11H2,(H,23,24)/t17-/m0/s1. The minimum Gasteiger partial charge on any atom is -0.507 e. The minimum absolute atomic E-state index is 0.0427. The van der Waals surface area contributed by atoms with E-state index in [0.717, 1.165) is 4.47 Å². The number of likely N-dealkylation sites (tertiary alicyclic amines) is 1. The van der Waals surface area contributed by atoms with Gasteiger partial charge in [0, 0.05) is 16.6 Å². The van der Waals surface area contributed by atoms with E-state index in [1.54, 1.807) is 54.6 Å². The van der Waals surface area contributed by atoms with Crippen LogP contribution in [0.4, 0.5) is 0 Å². The number of aliphatic hydroxyl groups excluding tert-OH is 1. The average molecular weight is 430 g/mol. The van der Waals surface area contributed by atoms with E-state index in [9.17, 15) is 19.5 Å². The van der Waals surface area contributed by atoms with Gasteiger partial charge in [-0.25, -0.2) is 0 Å². The first-order valence-corrected chi connectivity index (χ1v) is 9.00. The van der Waals surface area contributed by atoms with Crippen LogP contribution in [-0.2, 0) is 14.4 Å². The summed E-state index contributed by atoms with van der Waals surface area (Å²) in [4.78, 5) is 37.4. The van der Waals surface area contributed by atoms with E-state index in [1.165, 1.54) is 4.90 Å². The number of hydrogen-bond donors (Lipinski definition) is 2. The first-order valence-electron chi connectivity index (χ1n) is 8.21. The number of carbonyl (C=O) groups is 3. The molecule has 1 saturated heterocycles. The number of nitrogens with zero attached hydrogens (tertiary/aromatic N) is 1. The van der Waals surface area contributed by atoms with Gasteiger partial charge in [0.05, 0.1) is 18.0 Å². The summed E-state index contributed by atoms with van der Waals surface area (Å²) in [7, 11) is 0. The lowest BCUT2D eigenvalue weighted by molar-refractivity contribution is -0.142. The largest absolute Gasteiger partial charge is 0.507 e. The van der Waals surface area contributed by atoms with Crippen LogP contribution in [0.2, 0.25) is 0 Å². The molecule has 7 heteroatoms. The first kappa shape index (κ1) is 18.8. The zero-order chi connectivity index (χ0) is 19.6. The van der Waals surface area contributed by atoms with Crippen molar-refractivity contribution in [2.24, 2.45) is 0 Å². The first-order chi connectivity index (χ1) is 12.9. The monoisotopic (exact) mass is 429 g/mol. The molecule has 27 heavy (non-hydrogen) atoms. The van der Waals surface area contributed by atoms with Gasteiger partial charge in [0.25, 0.3) is 11.7 Å². The van der Waals surface area contributed by atoms with Crippen molar-refractivity contribution in [2.75, 3.05) is 6.54 Å². The number of amides is 1. The summed E-state index contributed by atoms with van der Waals surface area (Å²) in [6, 6.07) is 14.6. The zero-order valence-corrected chi connectivity index (χ0v) is 15.7. The maximum atomic E-state index is 12.7. The SMILES string of the molecule is O=C(O)CCN1C(=O)C(=O)C(=C(O)c2ccccc2)[C@@H]1c1ccc(Br)cc1. The van der Waals surface area contributed by atoms with Crippen LogP contribution < -0.4 is 0 Å². The third-order valence-electron chi connectivity index (χ3n) is 4.34. The van der Waals surface area contributed by atoms with E-state index in [1.807, 2.05) is 0 Å². The molecule has 0 saturated carbocycles. The molecule has 0 bridgehead atoms. The number of aliphatic hydroxyl groups is 1. The van der Waals surface area contributed by atoms with Crippen molar-refractivity contribution < 1.29 is 24.6 Å². The Morgan fingerprint density at radius 2 is 1.63 bits per heavy atom. The molecule has 1 amide bonds. The number of carbonyl (C=O) groups excluding carboxylic acids is 2. The molecule has 2 aromatic carbocycles. The summed E-state index contributed by atoms with van der Waals surface area (Å²) < 4.78 is 0.816. The zero-order valence-electron chi connectivity index (χ0n) is 14.1. The number of hydrogen-bond acceptors (Lipinski definition) is 4. The lowest BCUT2D eigenvalue weighted by Crippen LogP contribution is -2.31. The van der Waals surface area contributed by atoms with Crippen LogP contribution in [0.5, 0.6) is 0 Å². The van der Waals surface area contributed by atoms with Crippen molar-refractivity contribution in [2.45, 2.75) is 12.5 Å². The summed E-state index contributed by atoms with van der Waals surface area (Å²) in [5.74, 6) is -2.99. The second kappa shape index (κ2) is 7.75. The molecule has 1 aliphatic heterocycles. The highest BCUT2D eigenvalue weighted by atomic mass is 79.9. The van der Waals surface area contributed by atoms with Crippen molar-refractivity contribution in [1.82, 2.24) is 4.90 Å². The molecule has 0 radical (unpaired) electrons. The number of carboxylic acids is 1. The van der Waals surface area contributed by atoms with Gasteiger partial charge in [-0.15, -0.1) is 0 Å². The van der Waals surface area contributed by atoms with E-state index >= 15 is 0 Å². The topological polar surface area (TPSA) is 94.9 Å². The fourth-order valence-electron chi connectivity index (χ4n) is 3.07. The predicted molar refractivity (Wildman–Crippen MR) is 102 cm³/mol.